The van der Waals surface area contributed by atoms with Gasteiger partial charge >= 0.3 is 0 Å². The van der Waals surface area contributed by atoms with Crippen LogP contribution < -0.4 is 5.73 Å². The lowest BCUT2D eigenvalue weighted by molar-refractivity contribution is -0.220. The van der Waals surface area contributed by atoms with Crippen molar-refractivity contribution >= 4 is 5.91 Å². The molecule has 16 heavy (non-hydrogen) atoms. The minimum Gasteiger partial charge on any atom is -0.370 e. The third kappa shape index (κ3) is 2.81. The number of ether oxygens (including phenoxy) is 2. The van der Waals surface area contributed by atoms with E-state index in [-0.39, 0.29) is 12.3 Å². The molecule has 0 atom stereocenters. The molecule has 0 heterocycles. The van der Waals surface area contributed by atoms with Crippen molar-refractivity contribution in [2.45, 2.75) is 18.6 Å². The van der Waals surface area contributed by atoms with Crippen molar-refractivity contribution in [3.05, 3.63) is 35.9 Å². The van der Waals surface area contributed by atoms with Crippen molar-refractivity contribution in [1.29, 1.82) is 0 Å². The number of methoxy groups -OCH3 is 2. The average molecular weight is 223 g/mol. The summed E-state index contributed by atoms with van der Waals surface area (Å²) in [6.07, 6.45) is 0.621. The molecule has 1 aromatic rings. The summed E-state index contributed by atoms with van der Waals surface area (Å²) in [6.45, 7) is 0. The zero-order valence-corrected chi connectivity index (χ0v) is 9.60. The van der Waals surface area contributed by atoms with Crippen LogP contribution in [-0.4, -0.2) is 20.1 Å². The van der Waals surface area contributed by atoms with Gasteiger partial charge in [-0.2, -0.15) is 0 Å². The highest BCUT2D eigenvalue weighted by molar-refractivity contribution is 5.73. The van der Waals surface area contributed by atoms with Gasteiger partial charge in [-0.05, 0) is 0 Å². The molecule has 1 aromatic carbocycles. The SMILES string of the molecule is COC(CCC(N)=O)(OC)c1ccccc1. The Morgan fingerprint density at radius 3 is 2.25 bits per heavy atom. The Morgan fingerprint density at radius 2 is 1.81 bits per heavy atom. The van der Waals surface area contributed by atoms with E-state index in [4.69, 9.17) is 15.2 Å². The van der Waals surface area contributed by atoms with Crippen molar-refractivity contribution in [2.75, 3.05) is 14.2 Å². The van der Waals surface area contributed by atoms with Crippen LogP contribution in [0.25, 0.3) is 0 Å². The van der Waals surface area contributed by atoms with Crippen LogP contribution in [0.2, 0.25) is 0 Å². The first-order valence-corrected chi connectivity index (χ1v) is 5.09. The summed E-state index contributed by atoms with van der Waals surface area (Å²) < 4.78 is 10.8. The maximum atomic E-state index is 10.8. The van der Waals surface area contributed by atoms with Crippen LogP contribution >= 0.6 is 0 Å². The number of primary amides is 1. The van der Waals surface area contributed by atoms with Crippen LogP contribution in [0.3, 0.4) is 0 Å². The minimum absolute atomic E-state index is 0.219. The minimum atomic E-state index is -0.893. The molecular formula is C12H17NO3. The monoisotopic (exact) mass is 223 g/mol. The predicted octanol–water partition coefficient (Wildman–Crippen LogP) is 1.40. The number of nitrogens with two attached hydrogens (primary N) is 1. The van der Waals surface area contributed by atoms with E-state index in [0.29, 0.717) is 6.42 Å². The van der Waals surface area contributed by atoms with E-state index in [0.717, 1.165) is 5.56 Å². The lowest BCUT2D eigenvalue weighted by Crippen LogP contribution is -2.32. The molecule has 0 saturated carbocycles. The van der Waals surface area contributed by atoms with Crippen LogP contribution in [-0.2, 0) is 20.1 Å². The number of carbonyl (C=O) groups is 1. The Morgan fingerprint density at radius 1 is 1.25 bits per heavy atom. The summed E-state index contributed by atoms with van der Waals surface area (Å²) in [5.74, 6) is -1.26. The number of benzene rings is 1. The third-order valence-electron chi connectivity index (χ3n) is 2.57. The molecule has 0 aliphatic rings. The molecule has 2 N–H and O–H groups in total. The van der Waals surface area contributed by atoms with Gasteiger partial charge in [-0.15, -0.1) is 0 Å². The highest BCUT2D eigenvalue weighted by Gasteiger charge is 2.31. The molecule has 88 valence electrons. The lowest BCUT2D eigenvalue weighted by atomic mass is 10.0. The number of hydrogen-bond donors (Lipinski definition) is 1. The smallest absolute Gasteiger partial charge is 0.217 e. The van der Waals surface area contributed by atoms with Crippen molar-refractivity contribution in [3.63, 3.8) is 0 Å². The van der Waals surface area contributed by atoms with Crippen LogP contribution in [0, 0.1) is 0 Å². The van der Waals surface area contributed by atoms with Crippen molar-refractivity contribution < 1.29 is 14.3 Å². The number of amides is 1. The Labute approximate surface area is 95.3 Å². The molecule has 0 unspecified atom stereocenters. The number of hydrogen-bond acceptors (Lipinski definition) is 3. The first kappa shape index (κ1) is 12.7. The van der Waals surface area contributed by atoms with E-state index >= 15 is 0 Å². The zero-order chi connectivity index (χ0) is 12.0. The fourth-order valence-electron chi connectivity index (χ4n) is 1.65. The predicted molar refractivity (Wildman–Crippen MR) is 60.6 cm³/mol. The van der Waals surface area contributed by atoms with Gasteiger partial charge in [-0.3, -0.25) is 4.79 Å². The third-order valence-corrected chi connectivity index (χ3v) is 2.57. The molecule has 4 nitrogen and oxygen atoms in total. The van der Waals surface area contributed by atoms with Gasteiger partial charge in [0.1, 0.15) is 0 Å². The Kier molecular flexibility index (Phi) is 4.46. The van der Waals surface area contributed by atoms with Gasteiger partial charge in [-0.1, -0.05) is 30.3 Å². The van der Waals surface area contributed by atoms with Gasteiger partial charge in [-0.25, -0.2) is 0 Å². The molecule has 0 bridgehead atoms. The Bertz CT molecular complexity index is 333. The molecule has 0 aliphatic heterocycles. The normalized spacial score (nSPS) is 11.4. The summed E-state index contributed by atoms with van der Waals surface area (Å²) >= 11 is 0. The van der Waals surface area contributed by atoms with E-state index < -0.39 is 5.79 Å². The molecule has 1 amide bonds. The van der Waals surface area contributed by atoms with E-state index in [1.807, 2.05) is 30.3 Å². The van der Waals surface area contributed by atoms with E-state index in [2.05, 4.69) is 0 Å². The van der Waals surface area contributed by atoms with Gasteiger partial charge in [0, 0.05) is 32.6 Å². The first-order valence-electron chi connectivity index (χ1n) is 5.09. The topological polar surface area (TPSA) is 61.5 Å². The molecule has 0 fully saturated rings. The summed E-state index contributed by atoms with van der Waals surface area (Å²) in [5.41, 5.74) is 6.01. The van der Waals surface area contributed by atoms with Gasteiger partial charge in [0.25, 0.3) is 0 Å². The summed E-state index contributed by atoms with van der Waals surface area (Å²) in [7, 11) is 3.11. The quantitative estimate of drug-likeness (QED) is 0.741. The van der Waals surface area contributed by atoms with Gasteiger partial charge in [0.15, 0.2) is 5.79 Å². The van der Waals surface area contributed by atoms with Crippen molar-refractivity contribution in [2.24, 2.45) is 5.73 Å². The molecule has 0 aromatic heterocycles. The highest BCUT2D eigenvalue weighted by Crippen LogP contribution is 2.30. The number of carbonyl (C=O) groups excluding carboxylic acids is 1. The van der Waals surface area contributed by atoms with Crippen LogP contribution in [0.5, 0.6) is 0 Å². The van der Waals surface area contributed by atoms with Crippen molar-refractivity contribution in [1.82, 2.24) is 0 Å². The lowest BCUT2D eigenvalue weighted by Gasteiger charge is -2.31. The second kappa shape index (κ2) is 5.63. The first-order chi connectivity index (χ1) is 7.64. The summed E-state index contributed by atoms with van der Waals surface area (Å²) in [6, 6.07) is 9.49. The Hall–Kier alpha value is -1.39. The molecule has 0 aliphatic carbocycles. The second-order valence-corrected chi connectivity index (χ2v) is 3.49. The summed E-state index contributed by atoms with van der Waals surface area (Å²) in [4.78, 5) is 10.8. The van der Waals surface area contributed by atoms with E-state index in [9.17, 15) is 4.79 Å². The summed E-state index contributed by atoms with van der Waals surface area (Å²) in [5, 5.41) is 0. The zero-order valence-electron chi connectivity index (χ0n) is 9.60. The van der Waals surface area contributed by atoms with Crippen LogP contribution in [0.1, 0.15) is 18.4 Å². The maximum Gasteiger partial charge on any atom is 0.217 e. The molecule has 1 rings (SSSR count). The molecule has 0 spiro atoms. The standard InChI is InChI=1S/C12H17NO3/c1-15-12(16-2,9-8-11(13)14)10-6-4-3-5-7-10/h3-7H,8-9H2,1-2H3,(H2,13,14). The largest absolute Gasteiger partial charge is 0.370 e. The molecule has 4 heteroatoms. The fraction of sp³-hybridized carbons (Fsp3) is 0.417. The van der Waals surface area contributed by atoms with Gasteiger partial charge < -0.3 is 15.2 Å². The van der Waals surface area contributed by atoms with Crippen LogP contribution in [0.15, 0.2) is 30.3 Å². The molecular weight excluding hydrogens is 206 g/mol. The highest BCUT2D eigenvalue weighted by atomic mass is 16.7. The van der Waals surface area contributed by atoms with E-state index in [1.165, 1.54) is 0 Å². The van der Waals surface area contributed by atoms with Crippen LogP contribution in [0.4, 0.5) is 0 Å². The number of rotatable bonds is 6. The molecule has 0 saturated heterocycles. The van der Waals surface area contributed by atoms with E-state index in [1.54, 1.807) is 14.2 Å². The maximum absolute atomic E-state index is 10.8. The van der Waals surface area contributed by atoms with Crippen molar-refractivity contribution in [3.8, 4) is 0 Å². The molecule has 0 radical (unpaired) electrons. The second-order valence-electron chi connectivity index (χ2n) is 3.49. The van der Waals surface area contributed by atoms with Gasteiger partial charge in [0.2, 0.25) is 5.91 Å². The Balaban J connectivity index is 2.92. The average Bonchev–Trinajstić information content (AvgIpc) is 2.32. The fourth-order valence-corrected chi connectivity index (χ4v) is 1.65. The van der Waals surface area contributed by atoms with Gasteiger partial charge in [0.05, 0.1) is 0 Å².